The van der Waals surface area contributed by atoms with Crippen molar-refractivity contribution in [1.29, 1.82) is 0 Å². The molecule has 4 heteroatoms. The fraction of sp³-hybridized carbons (Fsp3) is 0.0714. The summed E-state index contributed by atoms with van der Waals surface area (Å²) in [7, 11) is 0. The highest BCUT2D eigenvalue weighted by Crippen LogP contribution is 2.34. The third-order valence-electron chi connectivity index (χ3n) is 3.00. The lowest BCUT2D eigenvalue weighted by Crippen LogP contribution is -1.87. The lowest BCUT2D eigenvalue weighted by Gasteiger charge is -2.06. The van der Waals surface area contributed by atoms with Gasteiger partial charge < -0.3 is 5.73 Å². The second-order valence-corrected chi connectivity index (χ2v) is 5.13. The first-order chi connectivity index (χ1) is 8.66. The number of thiazole rings is 1. The lowest BCUT2D eigenvalue weighted by molar-refractivity contribution is 0.657. The molecular formula is C14H11FN2S. The summed E-state index contributed by atoms with van der Waals surface area (Å²) in [5, 5.41) is 2.04. The molecule has 1 aromatic heterocycles. The number of aromatic nitrogens is 1. The highest BCUT2D eigenvalue weighted by molar-refractivity contribution is 7.14. The Morgan fingerprint density at radius 1 is 1.11 bits per heavy atom. The molecule has 2 aromatic carbocycles. The van der Waals surface area contributed by atoms with Gasteiger partial charge in [-0.1, -0.05) is 47.7 Å². The first-order valence-corrected chi connectivity index (χ1v) is 6.39. The number of rotatable bonds is 1. The Morgan fingerprint density at radius 3 is 2.50 bits per heavy atom. The minimum atomic E-state index is -0.332. The maximum absolute atomic E-state index is 13.8. The van der Waals surface area contributed by atoms with Crippen LogP contribution in [0.5, 0.6) is 0 Å². The predicted octanol–water partition coefficient (Wildman–Crippen LogP) is 3.99. The number of hydrogen-bond acceptors (Lipinski definition) is 3. The van der Waals surface area contributed by atoms with E-state index in [1.54, 1.807) is 0 Å². The second-order valence-electron chi connectivity index (χ2n) is 4.15. The smallest absolute Gasteiger partial charge is 0.206 e. The highest BCUT2D eigenvalue weighted by atomic mass is 32.1. The fourth-order valence-corrected chi connectivity index (χ4v) is 2.71. The van der Waals surface area contributed by atoms with Crippen LogP contribution in [0.2, 0.25) is 0 Å². The first-order valence-electron chi connectivity index (χ1n) is 5.57. The molecule has 0 aliphatic rings. The van der Waals surface area contributed by atoms with E-state index in [9.17, 15) is 4.39 Å². The van der Waals surface area contributed by atoms with Crippen LogP contribution in [0.3, 0.4) is 0 Å². The van der Waals surface area contributed by atoms with Crippen LogP contribution in [-0.4, -0.2) is 4.98 Å². The molecule has 0 radical (unpaired) electrons. The van der Waals surface area contributed by atoms with E-state index in [4.69, 9.17) is 5.73 Å². The van der Waals surface area contributed by atoms with Gasteiger partial charge in [-0.2, -0.15) is 4.39 Å². The molecule has 0 saturated heterocycles. The Bertz CT molecular complexity index is 734. The fourth-order valence-electron chi connectivity index (χ4n) is 2.14. The first kappa shape index (κ1) is 11.2. The van der Waals surface area contributed by atoms with Crippen molar-refractivity contribution in [2.24, 2.45) is 0 Å². The molecule has 0 atom stereocenters. The Hall–Kier alpha value is -1.94. The summed E-state index contributed by atoms with van der Waals surface area (Å²) >= 11 is 0.877. The molecule has 0 fully saturated rings. The van der Waals surface area contributed by atoms with E-state index in [1.807, 2.05) is 43.3 Å². The molecule has 0 saturated carbocycles. The molecule has 3 rings (SSSR count). The molecule has 0 aliphatic carbocycles. The van der Waals surface area contributed by atoms with E-state index in [-0.39, 0.29) is 10.3 Å². The Labute approximate surface area is 108 Å². The summed E-state index contributed by atoms with van der Waals surface area (Å²) in [5.74, 6) is 0. The quantitative estimate of drug-likeness (QED) is 0.716. The van der Waals surface area contributed by atoms with Gasteiger partial charge in [-0.3, -0.25) is 0 Å². The molecule has 0 amide bonds. The normalized spacial score (nSPS) is 11.0. The van der Waals surface area contributed by atoms with Gasteiger partial charge in [0.15, 0.2) is 5.13 Å². The van der Waals surface area contributed by atoms with Crippen molar-refractivity contribution >= 4 is 27.2 Å². The molecule has 0 spiro atoms. The summed E-state index contributed by atoms with van der Waals surface area (Å²) in [6, 6.07) is 11.8. The Balaban J connectivity index is 2.37. The van der Waals surface area contributed by atoms with Gasteiger partial charge in [-0.25, -0.2) is 4.98 Å². The number of aryl methyl sites for hydroxylation is 1. The van der Waals surface area contributed by atoms with Crippen molar-refractivity contribution in [3.05, 3.63) is 47.1 Å². The van der Waals surface area contributed by atoms with Crippen LogP contribution in [0.15, 0.2) is 36.4 Å². The van der Waals surface area contributed by atoms with Crippen LogP contribution in [0.1, 0.15) is 5.56 Å². The minimum absolute atomic E-state index is 0.257. The van der Waals surface area contributed by atoms with Crippen LogP contribution < -0.4 is 5.73 Å². The van der Waals surface area contributed by atoms with Crippen LogP contribution in [-0.2, 0) is 0 Å². The SMILES string of the molecule is Cc1ccc(-c2nc(N)sc2F)c2ccccc12. The summed E-state index contributed by atoms with van der Waals surface area (Å²) in [5.41, 5.74) is 7.86. The summed E-state index contributed by atoms with van der Waals surface area (Å²) in [6.07, 6.45) is 0. The van der Waals surface area contributed by atoms with E-state index >= 15 is 0 Å². The van der Waals surface area contributed by atoms with Crippen LogP contribution in [0.4, 0.5) is 9.52 Å². The summed E-state index contributed by atoms with van der Waals surface area (Å²) in [6.45, 7) is 2.04. The number of hydrogen-bond donors (Lipinski definition) is 1. The lowest BCUT2D eigenvalue weighted by atomic mass is 9.99. The van der Waals surface area contributed by atoms with Gasteiger partial charge in [-0.15, -0.1) is 0 Å². The van der Waals surface area contributed by atoms with Crippen molar-refractivity contribution in [2.45, 2.75) is 6.92 Å². The average molecular weight is 258 g/mol. The van der Waals surface area contributed by atoms with E-state index in [2.05, 4.69) is 4.98 Å². The zero-order valence-corrected chi connectivity index (χ0v) is 10.6. The van der Waals surface area contributed by atoms with Gasteiger partial charge in [0.1, 0.15) is 5.69 Å². The van der Waals surface area contributed by atoms with Crippen LogP contribution in [0, 0.1) is 12.1 Å². The number of anilines is 1. The number of nitrogens with zero attached hydrogens (tertiary/aromatic N) is 1. The number of nitrogens with two attached hydrogens (primary N) is 1. The van der Waals surface area contributed by atoms with Crippen molar-refractivity contribution in [3.8, 4) is 11.3 Å². The topological polar surface area (TPSA) is 38.9 Å². The standard InChI is InChI=1S/C14H11FN2S/c1-8-6-7-11(10-5-3-2-4-9(8)10)12-13(15)18-14(16)17-12/h2-7H,1H3,(H2,16,17). The molecule has 0 bridgehead atoms. The van der Waals surface area contributed by atoms with Gasteiger partial charge in [0.2, 0.25) is 5.13 Å². The Morgan fingerprint density at radius 2 is 1.83 bits per heavy atom. The zero-order valence-electron chi connectivity index (χ0n) is 9.77. The third-order valence-corrected chi connectivity index (χ3v) is 3.67. The van der Waals surface area contributed by atoms with Gasteiger partial charge in [0, 0.05) is 5.56 Å². The molecule has 3 aromatic rings. The Kier molecular flexibility index (Phi) is 2.52. The summed E-state index contributed by atoms with van der Waals surface area (Å²) < 4.78 is 13.8. The van der Waals surface area contributed by atoms with Crippen molar-refractivity contribution in [3.63, 3.8) is 0 Å². The van der Waals surface area contributed by atoms with Crippen molar-refractivity contribution < 1.29 is 4.39 Å². The minimum Gasteiger partial charge on any atom is -0.375 e. The van der Waals surface area contributed by atoms with E-state index in [0.29, 0.717) is 5.69 Å². The molecule has 2 N–H and O–H groups in total. The molecule has 18 heavy (non-hydrogen) atoms. The van der Waals surface area contributed by atoms with Gasteiger partial charge >= 0.3 is 0 Å². The molecule has 90 valence electrons. The van der Waals surface area contributed by atoms with Crippen molar-refractivity contribution in [1.82, 2.24) is 4.98 Å². The van der Waals surface area contributed by atoms with Crippen LogP contribution in [0.25, 0.3) is 22.0 Å². The van der Waals surface area contributed by atoms with Crippen LogP contribution >= 0.6 is 11.3 Å². The third kappa shape index (κ3) is 1.66. The molecular weight excluding hydrogens is 247 g/mol. The number of nitrogen functional groups attached to an aromatic ring is 1. The summed E-state index contributed by atoms with van der Waals surface area (Å²) in [4.78, 5) is 4.08. The molecule has 0 aliphatic heterocycles. The molecule has 0 unspecified atom stereocenters. The van der Waals surface area contributed by atoms with Gasteiger partial charge in [0.25, 0.3) is 0 Å². The maximum Gasteiger partial charge on any atom is 0.206 e. The molecule has 2 nitrogen and oxygen atoms in total. The molecule has 1 heterocycles. The zero-order chi connectivity index (χ0) is 12.7. The second kappa shape index (κ2) is 4.07. The van der Waals surface area contributed by atoms with E-state index < -0.39 is 0 Å². The largest absolute Gasteiger partial charge is 0.375 e. The predicted molar refractivity (Wildman–Crippen MR) is 74.2 cm³/mol. The van der Waals surface area contributed by atoms with E-state index in [1.165, 1.54) is 0 Å². The monoisotopic (exact) mass is 258 g/mol. The number of fused-ring (bicyclic) bond motifs is 1. The average Bonchev–Trinajstić information content (AvgIpc) is 2.69. The number of halogens is 1. The number of benzene rings is 2. The van der Waals surface area contributed by atoms with Gasteiger partial charge in [0.05, 0.1) is 0 Å². The van der Waals surface area contributed by atoms with E-state index in [0.717, 1.165) is 33.2 Å². The maximum atomic E-state index is 13.8. The van der Waals surface area contributed by atoms with Gasteiger partial charge in [-0.05, 0) is 23.3 Å². The van der Waals surface area contributed by atoms with Crippen molar-refractivity contribution in [2.75, 3.05) is 5.73 Å². The highest BCUT2D eigenvalue weighted by Gasteiger charge is 2.14.